The minimum Gasteiger partial charge on any atom is -0.347 e. The van der Waals surface area contributed by atoms with Crippen LogP contribution in [0.2, 0.25) is 0 Å². The van der Waals surface area contributed by atoms with Crippen LogP contribution in [0.25, 0.3) is 0 Å². The minimum atomic E-state index is -0.199. The summed E-state index contributed by atoms with van der Waals surface area (Å²) in [5.41, 5.74) is 3.03. The van der Waals surface area contributed by atoms with Crippen LogP contribution < -0.4 is 5.32 Å². The van der Waals surface area contributed by atoms with Gasteiger partial charge in [0.25, 0.3) is 11.8 Å². The summed E-state index contributed by atoms with van der Waals surface area (Å²) in [6.45, 7) is 6.35. The van der Waals surface area contributed by atoms with E-state index in [2.05, 4.69) is 29.4 Å². The fourth-order valence-corrected chi connectivity index (χ4v) is 3.34. The smallest absolute Gasteiger partial charge is 0.272 e. The SMILES string of the molecule is CC(C)Cc1cc(C(=O)NCc2ccc(C(=O)N3CCCCC3)cc2)n[nH]1. The maximum atomic E-state index is 12.5. The summed E-state index contributed by atoms with van der Waals surface area (Å²) in [5.74, 6) is 0.404. The van der Waals surface area contributed by atoms with Crippen molar-refractivity contribution >= 4 is 11.8 Å². The maximum absolute atomic E-state index is 12.5. The van der Waals surface area contributed by atoms with E-state index in [1.807, 2.05) is 29.2 Å². The van der Waals surface area contributed by atoms with E-state index < -0.39 is 0 Å². The summed E-state index contributed by atoms with van der Waals surface area (Å²) < 4.78 is 0. The quantitative estimate of drug-likeness (QED) is 0.822. The number of H-pyrrole nitrogens is 1. The van der Waals surface area contributed by atoms with Crippen LogP contribution in [0.3, 0.4) is 0 Å². The fraction of sp³-hybridized carbons (Fsp3) is 0.476. The largest absolute Gasteiger partial charge is 0.347 e. The van der Waals surface area contributed by atoms with E-state index in [-0.39, 0.29) is 11.8 Å². The van der Waals surface area contributed by atoms with E-state index in [4.69, 9.17) is 0 Å². The normalized spacial score (nSPS) is 14.4. The molecule has 3 rings (SSSR count). The number of hydrogen-bond donors (Lipinski definition) is 2. The molecule has 144 valence electrons. The number of piperidine rings is 1. The number of carbonyl (C=O) groups excluding carboxylic acids is 2. The monoisotopic (exact) mass is 368 g/mol. The van der Waals surface area contributed by atoms with Gasteiger partial charge >= 0.3 is 0 Å². The summed E-state index contributed by atoms with van der Waals surface area (Å²) in [7, 11) is 0. The summed E-state index contributed by atoms with van der Waals surface area (Å²) in [6, 6.07) is 9.27. The average Bonchev–Trinajstić information content (AvgIpc) is 3.14. The molecule has 2 heterocycles. The number of nitrogens with one attached hydrogen (secondary N) is 2. The van der Waals surface area contributed by atoms with Crippen LogP contribution in [0.5, 0.6) is 0 Å². The van der Waals surface area contributed by atoms with Crippen LogP contribution in [-0.2, 0) is 13.0 Å². The Morgan fingerprint density at radius 2 is 1.85 bits per heavy atom. The van der Waals surface area contributed by atoms with Gasteiger partial charge in [0.1, 0.15) is 5.69 Å². The third kappa shape index (κ3) is 5.18. The first-order valence-corrected chi connectivity index (χ1v) is 9.73. The predicted molar refractivity (Wildman–Crippen MR) is 104 cm³/mol. The molecule has 0 spiro atoms. The molecule has 1 saturated heterocycles. The zero-order valence-electron chi connectivity index (χ0n) is 16.1. The number of nitrogens with zero attached hydrogens (tertiary/aromatic N) is 2. The Hall–Kier alpha value is -2.63. The van der Waals surface area contributed by atoms with Crippen molar-refractivity contribution in [1.82, 2.24) is 20.4 Å². The molecule has 6 nitrogen and oxygen atoms in total. The predicted octanol–water partition coefficient (Wildman–Crippen LogP) is 3.16. The number of amides is 2. The minimum absolute atomic E-state index is 0.0968. The van der Waals surface area contributed by atoms with E-state index in [1.54, 1.807) is 6.07 Å². The van der Waals surface area contributed by atoms with Crippen LogP contribution in [0, 0.1) is 5.92 Å². The number of aromatic nitrogens is 2. The van der Waals surface area contributed by atoms with Crippen molar-refractivity contribution in [3.63, 3.8) is 0 Å². The van der Waals surface area contributed by atoms with Gasteiger partial charge in [-0.25, -0.2) is 0 Å². The van der Waals surface area contributed by atoms with Crippen LogP contribution >= 0.6 is 0 Å². The standard InChI is InChI=1S/C21H28N4O2/c1-15(2)12-18-13-19(24-23-18)20(26)22-14-16-6-8-17(9-7-16)21(27)25-10-4-3-5-11-25/h6-9,13,15H,3-5,10-12,14H2,1-2H3,(H,22,26)(H,23,24). The molecule has 27 heavy (non-hydrogen) atoms. The average molecular weight is 368 g/mol. The van der Waals surface area contributed by atoms with Crippen molar-refractivity contribution in [2.75, 3.05) is 13.1 Å². The van der Waals surface area contributed by atoms with E-state index in [0.29, 0.717) is 23.7 Å². The molecule has 1 aromatic carbocycles. The molecule has 2 N–H and O–H groups in total. The van der Waals surface area contributed by atoms with Crippen molar-refractivity contribution in [2.45, 2.75) is 46.1 Å². The van der Waals surface area contributed by atoms with Crippen molar-refractivity contribution in [2.24, 2.45) is 5.92 Å². The number of aromatic amines is 1. The molecule has 6 heteroatoms. The first-order valence-electron chi connectivity index (χ1n) is 9.73. The van der Waals surface area contributed by atoms with Gasteiger partial charge in [-0.15, -0.1) is 0 Å². The molecule has 0 radical (unpaired) electrons. The Labute approximate surface area is 160 Å². The second-order valence-electron chi connectivity index (χ2n) is 7.61. The molecular formula is C21H28N4O2. The van der Waals surface area contributed by atoms with E-state index in [0.717, 1.165) is 43.6 Å². The van der Waals surface area contributed by atoms with Gasteiger partial charge in [-0.3, -0.25) is 14.7 Å². The van der Waals surface area contributed by atoms with Crippen molar-refractivity contribution in [3.05, 3.63) is 52.8 Å². The molecule has 2 amide bonds. The summed E-state index contributed by atoms with van der Waals surface area (Å²) in [4.78, 5) is 26.7. The van der Waals surface area contributed by atoms with Gasteiger partial charge in [0.05, 0.1) is 0 Å². The number of likely N-dealkylation sites (tertiary alicyclic amines) is 1. The van der Waals surface area contributed by atoms with E-state index >= 15 is 0 Å². The number of hydrogen-bond acceptors (Lipinski definition) is 3. The van der Waals surface area contributed by atoms with Gasteiger partial charge in [0.15, 0.2) is 0 Å². The van der Waals surface area contributed by atoms with Gasteiger partial charge in [0.2, 0.25) is 0 Å². The molecule has 1 aromatic heterocycles. The Balaban J connectivity index is 1.53. The van der Waals surface area contributed by atoms with Gasteiger partial charge in [-0.05, 0) is 55.4 Å². The van der Waals surface area contributed by atoms with Crippen LogP contribution in [-0.4, -0.2) is 40.0 Å². The molecule has 1 fully saturated rings. The highest BCUT2D eigenvalue weighted by Crippen LogP contribution is 2.14. The molecular weight excluding hydrogens is 340 g/mol. The summed E-state index contributed by atoms with van der Waals surface area (Å²) in [6.07, 6.45) is 4.24. The van der Waals surface area contributed by atoms with Crippen molar-refractivity contribution < 1.29 is 9.59 Å². The molecule has 0 saturated carbocycles. The maximum Gasteiger partial charge on any atom is 0.272 e. The number of carbonyl (C=O) groups is 2. The first-order chi connectivity index (χ1) is 13.0. The highest BCUT2D eigenvalue weighted by molar-refractivity contribution is 5.94. The van der Waals surface area contributed by atoms with E-state index in [9.17, 15) is 9.59 Å². The molecule has 0 atom stereocenters. The zero-order chi connectivity index (χ0) is 19.2. The third-order valence-corrected chi connectivity index (χ3v) is 4.79. The molecule has 2 aromatic rings. The highest BCUT2D eigenvalue weighted by Gasteiger charge is 2.18. The molecule has 1 aliphatic rings. The van der Waals surface area contributed by atoms with Crippen molar-refractivity contribution in [3.8, 4) is 0 Å². The lowest BCUT2D eigenvalue weighted by Crippen LogP contribution is -2.35. The lowest BCUT2D eigenvalue weighted by atomic mass is 10.1. The fourth-order valence-electron chi connectivity index (χ4n) is 3.34. The molecule has 0 unspecified atom stereocenters. The van der Waals surface area contributed by atoms with Crippen molar-refractivity contribution in [1.29, 1.82) is 0 Å². The van der Waals surface area contributed by atoms with Crippen LogP contribution in [0.1, 0.15) is 65.2 Å². The Kier molecular flexibility index (Phi) is 6.27. The van der Waals surface area contributed by atoms with Gasteiger partial charge in [0, 0.05) is 30.9 Å². The molecule has 0 bridgehead atoms. The van der Waals surface area contributed by atoms with Crippen LogP contribution in [0.4, 0.5) is 0 Å². The first kappa shape index (κ1) is 19.1. The zero-order valence-corrected chi connectivity index (χ0v) is 16.1. The Morgan fingerprint density at radius 1 is 1.15 bits per heavy atom. The number of rotatable bonds is 6. The van der Waals surface area contributed by atoms with E-state index in [1.165, 1.54) is 6.42 Å². The molecule has 0 aliphatic carbocycles. The number of benzene rings is 1. The summed E-state index contributed by atoms with van der Waals surface area (Å²) in [5, 5.41) is 9.87. The Bertz CT molecular complexity index is 774. The second-order valence-corrected chi connectivity index (χ2v) is 7.61. The highest BCUT2D eigenvalue weighted by atomic mass is 16.2. The molecule has 1 aliphatic heterocycles. The Morgan fingerprint density at radius 3 is 2.52 bits per heavy atom. The van der Waals surface area contributed by atoms with Gasteiger partial charge in [-0.2, -0.15) is 5.10 Å². The lowest BCUT2D eigenvalue weighted by molar-refractivity contribution is 0.0724. The van der Waals surface area contributed by atoms with Crippen LogP contribution in [0.15, 0.2) is 30.3 Å². The van der Waals surface area contributed by atoms with Gasteiger partial charge < -0.3 is 10.2 Å². The second kappa shape index (κ2) is 8.84. The van der Waals surface area contributed by atoms with Gasteiger partial charge in [-0.1, -0.05) is 26.0 Å². The third-order valence-electron chi connectivity index (χ3n) is 4.79. The lowest BCUT2D eigenvalue weighted by Gasteiger charge is -2.26. The summed E-state index contributed by atoms with van der Waals surface area (Å²) >= 11 is 0. The topological polar surface area (TPSA) is 78.1 Å².